The van der Waals surface area contributed by atoms with Gasteiger partial charge in [-0.1, -0.05) is 33.1 Å². The van der Waals surface area contributed by atoms with Crippen molar-refractivity contribution in [2.45, 2.75) is 41.0 Å². The molecule has 0 aromatic carbocycles. The van der Waals surface area contributed by atoms with Crippen molar-refractivity contribution in [3.63, 3.8) is 0 Å². The van der Waals surface area contributed by atoms with E-state index < -0.39 is 0 Å². The zero-order valence-corrected chi connectivity index (χ0v) is 12.5. The van der Waals surface area contributed by atoms with Crippen LogP contribution in [0.5, 0.6) is 0 Å². The van der Waals surface area contributed by atoms with Gasteiger partial charge in [-0.05, 0) is 0 Å². The van der Waals surface area contributed by atoms with Gasteiger partial charge < -0.3 is 0 Å². The third-order valence-electron chi connectivity index (χ3n) is 3.15. The van der Waals surface area contributed by atoms with Crippen LogP contribution in [-0.4, -0.2) is 0 Å². The Labute approximate surface area is 115 Å². The second kappa shape index (κ2) is 6.42. The van der Waals surface area contributed by atoms with Gasteiger partial charge in [-0.25, -0.2) is 17.7 Å². The molecule has 0 aromatic rings. The van der Waals surface area contributed by atoms with Crippen LogP contribution in [0.4, 0.5) is 0 Å². The van der Waals surface area contributed by atoms with Gasteiger partial charge in [0.05, 0.1) is 0 Å². The number of hydrogen-bond donors (Lipinski definition) is 0. The Balaban J connectivity index is 0.000000318. The van der Waals surface area contributed by atoms with E-state index in [-0.39, 0.29) is 27.1 Å². The van der Waals surface area contributed by atoms with Crippen LogP contribution >= 0.6 is 0 Å². The number of rotatable bonds is 0. The first kappa shape index (κ1) is 15.7. The molecule has 0 saturated heterocycles. The molecule has 0 nitrogen and oxygen atoms in total. The molecule has 0 radical (unpaired) electrons. The first-order chi connectivity index (χ1) is 6.95. The summed E-state index contributed by atoms with van der Waals surface area (Å²) in [5.41, 5.74) is 4.39. The third kappa shape index (κ3) is 3.92. The van der Waals surface area contributed by atoms with Gasteiger partial charge in [-0.15, -0.1) is 13.3 Å². The fraction of sp³-hybridized carbons (Fsp3) is 0.467. The summed E-state index contributed by atoms with van der Waals surface area (Å²) in [6, 6.07) is 0. The summed E-state index contributed by atoms with van der Waals surface area (Å²) in [5, 5.41) is 0. The van der Waals surface area contributed by atoms with E-state index in [2.05, 4.69) is 52.8 Å². The summed E-state index contributed by atoms with van der Waals surface area (Å²) in [4.78, 5) is 0. The molecule has 2 rings (SSSR count). The molecule has 0 heterocycles. The van der Waals surface area contributed by atoms with Crippen molar-refractivity contribution in [2.75, 3.05) is 0 Å². The fourth-order valence-electron chi connectivity index (χ4n) is 1.75. The predicted octanol–water partition coefficient (Wildman–Crippen LogP) is 4.42. The zero-order chi connectivity index (χ0) is 11.5. The SMILES string of the molecule is CC1=[C-]C(C)(C)C(C)=C1C.[C-]1=CC=CC1.[Ti+2]. The van der Waals surface area contributed by atoms with Crippen LogP contribution < -0.4 is 0 Å². The maximum absolute atomic E-state index is 3.44. The van der Waals surface area contributed by atoms with Gasteiger partial charge in [0.1, 0.15) is 0 Å². The topological polar surface area (TPSA) is 0 Å². The van der Waals surface area contributed by atoms with Crippen LogP contribution in [0, 0.1) is 17.6 Å². The molecule has 2 aliphatic rings. The minimum atomic E-state index is 0. The van der Waals surface area contributed by atoms with Crippen LogP contribution in [-0.2, 0) is 21.7 Å². The van der Waals surface area contributed by atoms with Gasteiger partial charge in [0, 0.05) is 0 Å². The van der Waals surface area contributed by atoms with Gasteiger partial charge in [0.15, 0.2) is 0 Å². The Morgan fingerprint density at radius 2 is 1.81 bits per heavy atom. The smallest absolute Gasteiger partial charge is 0.273 e. The number of hydrogen-bond acceptors (Lipinski definition) is 0. The van der Waals surface area contributed by atoms with Crippen molar-refractivity contribution >= 4 is 0 Å². The van der Waals surface area contributed by atoms with Crippen LogP contribution in [0.15, 0.2) is 34.9 Å². The molecule has 0 aromatic heterocycles. The summed E-state index contributed by atoms with van der Waals surface area (Å²) < 4.78 is 0. The molecule has 0 saturated carbocycles. The van der Waals surface area contributed by atoms with E-state index in [9.17, 15) is 0 Å². The fourth-order valence-corrected chi connectivity index (χ4v) is 1.75. The molecule has 0 amide bonds. The van der Waals surface area contributed by atoms with Gasteiger partial charge in [0.2, 0.25) is 0 Å². The van der Waals surface area contributed by atoms with E-state index in [1.54, 1.807) is 0 Å². The Kier molecular flexibility index (Phi) is 6.29. The molecule has 16 heavy (non-hydrogen) atoms. The maximum Gasteiger partial charge on any atom is 2.00 e. The molecule has 2 aliphatic carbocycles. The van der Waals surface area contributed by atoms with E-state index >= 15 is 0 Å². The van der Waals surface area contributed by atoms with E-state index in [0.29, 0.717) is 0 Å². The van der Waals surface area contributed by atoms with Gasteiger partial charge in [0.25, 0.3) is 0 Å². The Hall–Kier alpha value is -0.326. The second-order valence-electron chi connectivity index (χ2n) is 4.63. The molecule has 0 N–H and O–H groups in total. The van der Waals surface area contributed by atoms with Crippen LogP contribution in [0.1, 0.15) is 41.0 Å². The standard InChI is InChI=1S/C10H15.C5H5.Ti/c1-7-6-10(4,5)9(3)8(7)2;1-2-4-5-3-1;/h1-5H3;1-3H,4H2;/q2*-1;+2. The van der Waals surface area contributed by atoms with Crippen molar-refractivity contribution in [1.29, 1.82) is 0 Å². The minimum absolute atomic E-state index is 0. The first-order valence-electron chi connectivity index (χ1n) is 5.47. The molecule has 84 valence electrons. The third-order valence-corrected chi connectivity index (χ3v) is 3.15. The van der Waals surface area contributed by atoms with E-state index in [4.69, 9.17) is 0 Å². The summed E-state index contributed by atoms with van der Waals surface area (Å²) >= 11 is 0. The average molecular weight is 248 g/mol. The monoisotopic (exact) mass is 248 g/mol. The summed E-state index contributed by atoms with van der Waals surface area (Å²) in [5.74, 6) is 0. The zero-order valence-electron chi connectivity index (χ0n) is 10.9. The quantitative estimate of drug-likeness (QED) is 0.440. The van der Waals surface area contributed by atoms with Crippen molar-refractivity contribution in [3.8, 4) is 0 Å². The molecule has 0 bridgehead atoms. The van der Waals surface area contributed by atoms with Gasteiger partial charge in [-0.3, -0.25) is 12.2 Å². The molecular formula is C15H20Ti. The van der Waals surface area contributed by atoms with Crippen LogP contribution in [0.25, 0.3) is 0 Å². The van der Waals surface area contributed by atoms with E-state index in [0.717, 1.165) is 6.42 Å². The molecule has 0 fully saturated rings. The first-order valence-corrected chi connectivity index (χ1v) is 5.47. The Morgan fingerprint density at radius 1 is 1.19 bits per heavy atom. The Morgan fingerprint density at radius 3 is 1.94 bits per heavy atom. The summed E-state index contributed by atoms with van der Waals surface area (Å²) in [7, 11) is 0. The number of allylic oxidation sites excluding steroid dienone is 8. The Bertz CT molecular complexity index is 342. The van der Waals surface area contributed by atoms with Crippen molar-refractivity contribution < 1.29 is 21.7 Å². The maximum atomic E-state index is 3.44. The van der Waals surface area contributed by atoms with E-state index in [1.807, 2.05) is 12.2 Å². The summed E-state index contributed by atoms with van der Waals surface area (Å²) in [6.45, 7) is 10.9. The molecule has 0 atom stereocenters. The van der Waals surface area contributed by atoms with Crippen molar-refractivity contribution in [2.24, 2.45) is 5.41 Å². The van der Waals surface area contributed by atoms with E-state index in [1.165, 1.54) is 16.7 Å². The van der Waals surface area contributed by atoms with Crippen LogP contribution in [0.3, 0.4) is 0 Å². The average Bonchev–Trinajstić information content (AvgIpc) is 2.76. The van der Waals surface area contributed by atoms with Crippen molar-refractivity contribution in [3.05, 3.63) is 47.1 Å². The largest absolute Gasteiger partial charge is 2.00 e. The summed E-state index contributed by atoms with van der Waals surface area (Å²) in [6.07, 6.45) is 13.4. The van der Waals surface area contributed by atoms with Crippen molar-refractivity contribution in [1.82, 2.24) is 0 Å². The van der Waals surface area contributed by atoms with Gasteiger partial charge >= 0.3 is 21.7 Å². The van der Waals surface area contributed by atoms with Crippen LogP contribution in [0.2, 0.25) is 0 Å². The normalized spacial score (nSPS) is 20.2. The molecular weight excluding hydrogens is 228 g/mol. The molecule has 0 aliphatic heterocycles. The minimum Gasteiger partial charge on any atom is -0.273 e. The van der Waals surface area contributed by atoms with Gasteiger partial charge in [-0.2, -0.15) is 17.2 Å². The molecule has 0 unspecified atom stereocenters. The molecule has 0 spiro atoms. The second-order valence-corrected chi connectivity index (χ2v) is 4.63. The predicted molar refractivity (Wildman–Crippen MR) is 66.2 cm³/mol. The molecule has 1 heteroatoms.